The van der Waals surface area contributed by atoms with E-state index in [0.717, 1.165) is 87.7 Å². The number of anilines is 7. The first-order valence-corrected chi connectivity index (χ1v) is 30.5. The van der Waals surface area contributed by atoms with Gasteiger partial charge in [-0.15, -0.1) is 26.8 Å². The Kier molecular flexibility index (Phi) is 16.0. The third-order valence-corrected chi connectivity index (χ3v) is 18.3. The van der Waals surface area contributed by atoms with Crippen LogP contribution in [0.15, 0.2) is 131 Å². The first kappa shape index (κ1) is 60.8. The van der Waals surface area contributed by atoms with Crippen molar-refractivity contribution in [1.29, 1.82) is 0 Å². The van der Waals surface area contributed by atoms with Crippen molar-refractivity contribution >= 4 is 117 Å². The zero-order valence-corrected chi connectivity index (χ0v) is 51.0. The minimum absolute atomic E-state index is 0.0461. The number of nitrogens with one attached hydrogen (secondary N) is 1. The van der Waals surface area contributed by atoms with E-state index in [1.165, 1.54) is 53.9 Å². The molecule has 0 amide bonds. The van der Waals surface area contributed by atoms with Crippen molar-refractivity contribution in [3.63, 3.8) is 0 Å². The summed E-state index contributed by atoms with van der Waals surface area (Å²) in [5.74, 6) is 14.7. The Morgan fingerprint density at radius 1 is 0.527 bits per heavy atom. The van der Waals surface area contributed by atoms with Gasteiger partial charge < -0.3 is 14.7 Å². The van der Waals surface area contributed by atoms with Gasteiger partial charge in [-0.2, -0.15) is 41.3 Å². The van der Waals surface area contributed by atoms with E-state index in [9.17, 15) is 39.5 Å². The van der Waals surface area contributed by atoms with Crippen LogP contribution in [0.25, 0.3) is 44.3 Å². The minimum atomic E-state index is -4.32. The molecule has 15 nitrogen and oxygen atoms in total. The van der Waals surface area contributed by atoms with Crippen LogP contribution in [0, 0.1) is 52.5 Å². The number of aromatic nitrogens is 10. The number of hydrogen-bond acceptors (Lipinski definition) is 13. The quantitative estimate of drug-likeness (QED) is 0.0742. The highest BCUT2D eigenvalue weighted by Gasteiger charge is 2.63. The van der Waals surface area contributed by atoms with Crippen LogP contribution >= 0.6 is 31.9 Å². The summed E-state index contributed by atoms with van der Waals surface area (Å²) in [6, 6.07) is 31.4. The average molecular weight is 1370 g/mol. The lowest BCUT2D eigenvalue weighted by Crippen LogP contribution is -2.26. The number of alkyl halides is 6. The summed E-state index contributed by atoms with van der Waals surface area (Å²) in [4.78, 5) is 24.4. The number of hydrazine groups is 1. The standard InChI is InChI=1S/C24H17F4N5.C18H13BrFN5.C17H15BrFN5.C6H5F3/c25-16-6-7-20-18(13-16)21(30-22-31-29-14-33(20)22)32-12-2-4-17-15(3-1-5-19(17)32)8-9-23(10-11-23)24(26,27)28;19-14-4-1-5-15-12(14)3-2-8-24(15)17-13-9-11(20)6-7-16(13)25-10-21-23-18(25)22-17;18-13-4-1-5-15-11(13)3-2-8-24(15)16-12-9-10(19)6-7-14(12)21-17(22-16)23-20;1-2-5(3-4-5)6(7,8)9/h1,3,5-7,13-14H,2,4,10-12H2;1,4-7,9-10H,2-3,8H2;1,4-7,9H,2-3,8,20H2,(H,21,22,23);1H,3-4H2. The molecule has 26 heteroatoms. The Balaban J connectivity index is 0.000000118. The molecule has 0 atom stereocenters. The number of halogens is 11. The molecule has 0 radical (unpaired) electrons. The lowest BCUT2D eigenvalue weighted by molar-refractivity contribution is -0.169. The van der Waals surface area contributed by atoms with E-state index in [1.807, 2.05) is 29.2 Å². The van der Waals surface area contributed by atoms with E-state index in [-0.39, 0.29) is 37.3 Å². The molecule has 2 aliphatic carbocycles. The van der Waals surface area contributed by atoms with Crippen molar-refractivity contribution in [3.05, 3.63) is 171 Å². The van der Waals surface area contributed by atoms with Crippen LogP contribution in [0.3, 0.4) is 0 Å². The Morgan fingerprint density at radius 2 is 0.967 bits per heavy atom. The summed E-state index contributed by atoms with van der Waals surface area (Å²) in [5, 5.41) is 18.0. The molecular weight excluding hydrogens is 1320 g/mol. The Hall–Kier alpha value is -9.11. The molecule has 0 spiro atoms. The van der Waals surface area contributed by atoms with Gasteiger partial charge in [0.1, 0.15) is 58.4 Å². The molecule has 0 bridgehead atoms. The van der Waals surface area contributed by atoms with Gasteiger partial charge in [-0.05, 0) is 172 Å². The van der Waals surface area contributed by atoms with Crippen molar-refractivity contribution in [1.82, 2.24) is 49.1 Å². The van der Waals surface area contributed by atoms with Crippen LogP contribution in [-0.4, -0.2) is 81.1 Å². The number of rotatable bonds is 4. The topological polar surface area (TPSA) is 160 Å². The van der Waals surface area contributed by atoms with Gasteiger partial charge in [-0.3, -0.25) is 14.2 Å². The van der Waals surface area contributed by atoms with Crippen molar-refractivity contribution in [2.24, 2.45) is 16.7 Å². The van der Waals surface area contributed by atoms with E-state index in [2.05, 4.69) is 119 Å². The predicted octanol–water partition coefficient (Wildman–Crippen LogP) is 15.3. The van der Waals surface area contributed by atoms with Gasteiger partial charge in [0, 0.05) is 67.4 Å². The van der Waals surface area contributed by atoms with Crippen LogP contribution in [0.2, 0.25) is 0 Å². The Labute approximate surface area is 530 Å². The number of nitrogens with zero attached hydrogens (tertiary/aromatic N) is 13. The van der Waals surface area contributed by atoms with Crippen molar-refractivity contribution < 1.29 is 39.5 Å². The summed E-state index contributed by atoms with van der Waals surface area (Å²) >= 11 is 7.26. The van der Waals surface area contributed by atoms with E-state index >= 15 is 0 Å². The summed E-state index contributed by atoms with van der Waals surface area (Å²) in [6.45, 7) is 2.25. The van der Waals surface area contributed by atoms with Gasteiger partial charge >= 0.3 is 12.4 Å². The van der Waals surface area contributed by atoms with Gasteiger partial charge in [0.25, 0.3) is 11.6 Å². The third kappa shape index (κ3) is 11.5. The fourth-order valence-electron chi connectivity index (χ4n) is 11.8. The summed E-state index contributed by atoms with van der Waals surface area (Å²) in [6.07, 6.45) is 5.06. The lowest BCUT2D eigenvalue weighted by Gasteiger charge is -2.32. The first-order chi connectivity index (χ1) is 43.8. The zero-order valence-electron chi connectivity index (χ0n) is 47.9. The third-order valence-electron chi connectivity index (χ3n) is 16.9. The largest absolute Gasteiger partial charge is 0.405 e. The molecule has 3 aliphatic heterocycles. The second-order valence-corrected chi connectivity index (χ2v) is 24.2. The number of benzene rings is 6. The highest BCUT2D eigenvalue weighted by Crippen LogP contribution is 2.58. The second kappa shape index (κ2) is 23.9. The van der Waals surface area contributed by atoms with Crippen molar-refractivity contribution in [2.45, 2.75) is 76.6 Å². The minimum Gasteiger partial charge on any atom is -0.325 e. The molecule has 2 saturated carbocycles. The van der Waals surface area contributed by atoms with E-state index in [0.29, 0.717) is 75.3 Å². The molecule has 11 aromatic rings. The van der Waals surface area contributed by atoms with E-state index in [1.54, 1.807) is 51.4 Å². The monoisotopic (exact) mass is 1370 g/mol. The first-order valence-electron chi connectivity index (χ1n) is 28.9. The molecular formula is C65H50Br2F9N15. The van der Waals surface area contributed by atoms with Crippen LogP contribution in [-0.2, 0) is 19.3 Å². The number of nitrogens with two attached hydrogens (primary N) is 1. The van der Waals surface area contributed by atoms with Gasteiger partial charge in [-0.25, -0.2) is 24.0 Å². The fourth-order valence-corrected chi connectivity index (χ4v) is 12.9. The molecule has 0 saturated heterocycles. The molecule has 3 N–H and O–H groups in total. The van der Waals surface area contributed by atoms with E-state index in [4.69, 9.17) is 10.8 Å². The maximum atomic E-state index is 14.2. The second-order valence-electron chi connectivity index (χ2n) is 22.5. The highest BCUT2D eigenvalue weighted by molar-refractivity contribution is 9.10. The molecule has 91 heavy (non-hydrogen) atoms. The number of terminal acetylenes is 1. The molecule has 8 heterocycles. The van der Waals surface area contributed by atoms with Gasteiger partial charge in [0.05, 0.1) is 16.6 Å². The fraction of sp³-hybridized carbons (Fsp3) is 0.262. The van der Waals surface area contributed by atoms with Gasteiger partial charge in [0.15, 0.2) is 0 Å². The van der Waals surface area contributed by atoms with Gasteiger partial charge in [0.2, 0.25) is 5.95 Å². The maximum absolute atomic E-state index is 14.2. The van der Waals surface area contributed by atoms with Crippen molar-refractivity contribution in [2.75, 3.05) is 39.8 Å². The zero-order chi connectivity index (χ0) is 63.6. The molecule has 5 aliphatic rings. The average Bonchev–Trinajstić information content (AvgIpc) is 1.57. The van der Waals surface area contributed by atoms with Crippen LogP contribution < -0.4 is 26.0 Å². The molecule has 462 valence electrons. The molecule has 0 unspecified atom stereocenters. The summed E-state index contributed by atoms with van der Waals surface area (Å²) < 4.78 is 123. The maximum Gasteiger partial charge on any atom is 0.405 e. The number of hydrogen-bond donors (Lipinski definition) is 2. The number of fused-ring (bicyclic) bond motifs is 10. The highest BCUT2D eigenvalue weighted by atomic mass is 79.9. The van der Waals surface area contributed by atoms with Crippen LogP contribution in [0.1, 0.15) is 67.2 Å². The van der Waals surface area contributed by atoms with E-state index < -0.39 is 29.0 Å². The van der Waals surface area contributed by atoms with Gasteiger partial charge in [-0.1, -0.05) is 67.8 Å². The molecule has 2 fully saturated rings. The Bertz CT molecular complexity index is 4780. The Morgan fingerprint density at radius 3 is 1.42 bits per heavy atom. The van der Waals surface area contributed by atoms with Crippen LogP contribution in [0.4, 0.5) is 80.0 Å². The summed E-state index contributed by atoms with van der Waals surface area (Å²) in [5.41, 5.74) is 8.01. The summed E-state index contributed by atoms with van der Waals surface area (Å²) in [7, 11) is 0. The predicted molar refractivity (Wildman–Crippen MR) is 336 cm³/mol. The molecule has 16 rings (SSSR count). The van der Waals surface area contributed by atoms with Crippen LogP contribution in [0.5, 0.6) is 0 Å². The molecule has 6 aromatic carbocycles. The smallest absolute Gasteiger partial charge is 0.325 e. The lowest BCUT2D eigenvalue weighted by atomic mass is 9.95. The normalized spacial score (nSPS) is 16.0. The number of nitrogen functional groups attached to an aromatic ring is 1. The van der Waals surface area contributed by atoms with Crippen molar-refractivity contribution in [3.8, 4) is 24.2 Å². The molecule has 5 aromatic heterocycles. The SMILES string of the molecule is C#CC1(C(F)(F)F)CC1.Fc1ccc2c(c1)c(N1CCCc3c(Br)cccc31)nc1nncn12.Fc1ccc2c(c1)c(N1CCCc3c(C#CC4(C(F)(F)F)CC4)cccc31)nc1nncn12.NNc1nc(N2CCCc3c(Br)cccc32)c2cc(F)ccc2n1.